The third kappa shape index (κ3) is 2.89. The lowest BCUT2D eigenvalue weighted by atomic mass is 9.99. The fraction of sp³-hybridized carbons (Fsp3) is 0.417. The summed E-state index contributed by atoms with van der Waals surface area (Å²) < 4.78 is 9.58. The van der Waals surface area contributed by atoms with Crippen LogP contribution in [0.5, 0.6) is 11.5 Å². The zero-order valence-corrected chi connectivity index (χ0v) is 10.2. The molecule has 0 unspecified atom stereocenters. The summed E-state index contributed by atoms with van der Waals surface area (Å²) in [5.74, 6) is -0.986. The summed E-state index contributed by atoms with van der Waals surface area (Å²) in [7, 11) is 0. The van der Waals surface area contributed by atoms with Gasteiger partial charge in [0.05, 0.1) is 0 Å². The van der Waals surface area contributed by atoms with Crippen LogP contribution in [0.3, 0.4) is 0 Å². The molecule has 5 N–H and O–H groups in total. The lowest BCUT2D eigenvalue weighted by molar-refractivity contribution is -0.279. The number of esters is 1. The molecule has 110 valence electrons. The van der Waals surface area contributed by atoms with Gasteiger partial charge in [-0.2, -0.15) is 0 Å². The van der Waals surface area contributed by atoms with Crippen LogP contribution in [0.2, 0.25) is 0 Å². The summed E-state index contributed by atoms with van der Waals surface area (Å²) in [6, 6.07) is 5.19. The molecule has 1 aliphatic rings. The highest BCUT2D eigenvalue weighted by Crippen LogP contribution is 2.22. The third-order valence-electron chi connectivity index (χ3n) is 2.88. The lowest BCUT2D eigenvalue weighted by Crippen LogP contribution is -2.60. The molecule has 0 saturated carbocycles. The number of carbonyl (C=O) groups excluding carboxylic acids is 1. The Morgan fingerprint density at radius 1 is 1.00 bits per heavy atom. The number of hydrogen-bond acceptors (Lipinski definition) is 8. The van der Waals surface area contributed by atoms with Crippen molar-refractivity contribution in [2.75, 3.05) is 0 Å². The van der Waals surface area contributed by atoms with Crippen molar-refractivity contribution in [2.45, 2.75) is 30.7 Å². The van der Waals surface area contributed by atoms with E-state index in [0.717, 1.165) is 0 Å². The van der Waals surface area contributed by atoms with Crippen molar-refractivity contribution in [3.63, 3.8) is 0 Å². The van der Waals surface area contributed by atoms with E-state index in [9.17, 15) is 25.2 Å². The zero-order valence-electron chi connectivity index (χ0n) is 10.2. The number of phenolic OH excluding ortho intramolecular Hbond substituents is 1. The molecule has 0 aliphatic carbocycles. The molecule has 1 aromatic carbocycles. The van der Waals surface area contributed by atoms with Gasteiger partial charge in [-0.15, -0.1) is 0 Å². The van der Waals surface area contributed by atoms with Crippen molar-refractivity contribution in [1.29, 1.82) is 0 Å². The van der Waals surface area contributed by atoms with E-state index >= 15 is 0 Å². The van der Waals surface area contributed by atoms with Crippen LogP contribution in [0.15, 0.2) is 24.3 Å². The topological polar surface area (TPSA) is 137 Å². The molecule has 0 aromatic heterocycles. The highest BCUT2D eigenvalue weighted by molar-refractivity contribution is 5.78. The molecule has 1 aromatic rings. The van der Waals surface area contributed by atoms with E-state index in [1.165, 1.54) is 24.3 Å². The molecule has 1 aliphatic heterocycles. The van der Waals surface area contributed by atoms with Crippen molar-refractivity contribution >= 4 is 5.97 Å². The first-order chi connectivity index (χ1) is 9.40. The molecule has 20 heavy (non-hydrogen) atoms. The number of aromatic hydroxyl groups is 1. The Kier molecular flexibility index (Phi) is 4.21. The summed E-state index contributed by atoms with van der Waals surface area (Å²) in [4.78, 5) is 11.8. The molecule has 0 amide bonds. The van der Waals surface area contributed by atoms with Gasteiger partial charge in [-0.05, 0) is 24.3 Å². The van der Waals surface area contributed by atoms with Crippen LogP contribution >= 0.6 is 0 Å². The Balaban J connectivity index is 2.06. The molecule has 0 spiro atoms. The SMILES string of the molecule is O=C(Oc1ccc(O)cc1)[C@H]1O[C@@H](O)[C@H](O)[C@@H](O)[C@H]1O. The molecule has 1 saturated heterocycles. The Morgan fingerprint density at radius 3 is 2.20 bits per heavy atom. The van der Waals surface area contributed by atoms with Gasteiger partial charge in [0, 0.05) is 0 Å². The Bertz CT molecular complexity index is 473. The van der Waals surface area contributed by atoms with Crippen LogP contribution in [0.25, 0.3) is 0 Å². The summed E-state index contributed by atoms with van der Waals surface area (Å²) in [6.07, 6.45) is -8.65. The minimum Gasteiger partial charge on any atom is -0.508 e. The van der Waals surface area contributed by atoms with Gasteiger partial charge < -0.3 is 35.0 Å². The zero-order chi connectivity index (χ0) is 14.9. The molecular formula is C12H14O8. The molecule has 1 heterocycles. The monoisotopic (exact) mass is 286 g/mol. The van der Waals surface area contributed by atoms with Gasteiger partial charge >= 0.3 is 5.97 Å². The number of rotatable bonds is 2. The number of aliphatic hydroxyl groups is 4. The van der Waals surface area contributed by atoms with Crippen molar-refractivity contribution in [3.8, 4) is 11.5 Å². The van der Waals surface area contributed by atoms with Gasteiger partial charge in [0.1, 0.15) is 29.8 Å². The van der Waals surface area contributed by atoms with Crippen molar-refractivity contribution in [1.82, 2.24) is 0 Å². The van der Waals surface area contributed by atoms with Gasteiger partial charge in [0.15, 0.2) is 12.4 Å². The summed E-state index contributed by atoms with van der Waals surface area (Å²) >= 11 is 0. The van der Waals surface area contributed by atoms with Crippen molar-refractivity contribution in [3.05, 3.63) is 24.3 Å². The van der Waals surface area contributed by atoms with Gasteiger partial charge in [-0.3, -0.25) is 0 Å². The summed E-state index contributed by atoms with van der Waals surface area (Å²) in [5, 5.41) is 46.7. The Hall–Kier alpha value is -1.71. The highest BCUT2D eigenvalue weighted by atomic mass is 16.7. The van der Waals surface area contributed by atoms with Gasteiger partial charge in [0.25, 0.3) is 0 Å². The maximum atomic E-state index is 11.8. The largest absolute Gasteiger partial charge is 0.508 e. The molecule has 5 atom stereocenters. The fourth-order valence-corrected chi connectivity index (χ4v) is 1.74. The first-order valence-electron chi connectivity index (χ1n) is 5.78. The third-order valence-corrected chi connectivity index (χ3v) is 2.88. The molecule has 1 fully saturated rings. The van der Waals surface area contributed by atoms with Crippen molar-refractivity contribution in [2.24, 2.45) is 0 Å². The fourth-order valence-electron chi connectivity index (χ4n) is 1.74. The normalized spacial score (nSPS) is 33.7. The first-order valence-corrected chi connectivity index (χ1v) is 5.78. The second kappa shape index (κ2) is 5.73. The first kappa shape index (κ1) is 14.7. The van der Waals surface area contributed by atoms with Crippen LogP contribution in [0.1, 0.15) is 0 Å². The number of aliphatic hydroxyl groups excluding tert-OH is 4. The van der Waals surface area contributed by atoms with Crippen LogP contribution in [0.4, 0.5) is 0 Å². The van der Waals surface area contributed by atoms with Crippen molar-refractivity contribution < 1.29 is 39.8 Å². The van der Waals surface area contributed by atoms with E-state index in [0.29, 0.717) is 0 Å². The predicted octanol–water partition coefficient (Wildman–Crippen LogP) is -1.90. The maximum Gasteiger partial charge on any atom is 0.343 e. The second-order valence-corrected chi connectivity index (χ2v) is 4.33. The molecule has 0 bridgehead atoms. The predicted molar refractivity (Wildman–Crippen MR) is 62.6 cm³/mol. The summed E-state index contributed by atoms with van der Waals surface area (Å²) in [5.41, 5.74) is 0. The van der Waals surface area contributed by atoms with Crippen LogP contribution in [0, 0.1) is 0 Å². The van der Waals surface area contributed by atoms with Gasteiger partial charge in [-0.25, -0.2) is 4.79 Å². The van der Waals surface area contributed by atoms with E-state index in [4.69, 9.17) is 14.6 Å². The minimum atomic E-state index is -1.81. The molecule has 8 nitrogen and oxygen atoms in total. The lowest BCUT2D eigenvalue weighted by Gasteiger charge is -2.36. The maximum absolute atomic E-state index is 11.8. The highest BCUT2D eigenvalue weighted by Gasteiger charge is 2.47. The van der Waals surface area contributed by atoms with E-state index in [2.05, 4.69) is 0 Å². The van der Waals surface area contributed by atoms with E-state index in [1.807, 2.05) is 0 Å². The number of phenols is 1. The van der Waals surface area contributed by atoms with Crippen LogP contribution in [-0.2, 0) is 9.53 Å². The number of carbonyl (C=O) groups is 1. The number of hydrogen-bond donors (Lipinski definition) is 5. The molecular weight excluding hydrogens is 272 g/mol. The number of ether oxygens (including phenoxy) is 2. The van der Waals surface area contributed by atoms with E-state index in [-0.39, 0.29) is 11.5 Å². The summed E-state index contributed by atoms with van der Waals surface area (Å²) in [6.45, 7) is 0. The Morgan fingerprint density at radius 2 is 1.60 bits per heavy atom. The van der Waals surface area contributed by atoms with Gasteiger partial charge in [0.2, 0.25) is 0 Å². The van der Waals surface area contributed by atoms with E-state index in [1.54, 1.807) is 0 Å². The molecule has 2 rings (SSSR count). The smallest absolute Gasteiger partial charge is 0.343 e. The standard InChI is InChI=1S/C12H14O8/c13-5-1-3-6(4-2-5)19-12(18)10-8(15)7(14)9(16)11(17)20-10/h1-4,7-11,13-17H/t7-,8+,9+,10-,11+/m0/s1. The minimum absolute atomic E-state index is 0.0206. The molecule has 8 heteroatoms. The van der Waals surface area contributed by atoms with Crippen LogP contribution in [-0.4, -0.2) is 62.2 Å². The average molecular weight is 286 g/mol. The van der Waals surface area contributed by atoms with Gasteiger partial charge in [-0.1, -0.05) is 0 Å². The second-order valence-electron chi connectivity index (χ2n) is 4.33. The quantitative estimate of drug-likeness (QED) is 0.314. The van der Waals surface area contributed by atoms with Crippen LogP contribution < -0.4 is 4.74 Å². The molecule has 0 radical (unpaired) electrons. The van der Waals surface area contributed by atoms with E-state index < -0.39 is 36.7 Å². The Labute approximate surface area is 113 Å². The average Bonchev–Trinajstić information content (AvgIpc) is 2.43. The number of benzene rings is 1.